The molecule has 3 N–H and O–H groups in total. The summed E-state index contributed by atoms with van der Waals surface area (Å²) in [5.41, 5.74) is 0.854. The third-order valence-electron chi connectivity index (χ3n) is 4.10. The minimum atomic E-state index is -0.432. The molecule has 1 aliphatic heterocycles. The number of carbonyl (C=O) groups excluding carboxylic acids is 1. The van der Waals surface area contributed by atoms with Crippen molar-refractivity contribution in [1.29, 1.82) is 0 Å². The minimum Gasteiger partial charge on any atom is -0.396 e. The molecule has 1 saturated heterocycles. The molecule has 2 amide bonds. The van der Waals surface area contributed by atoms with Crippen molar-refractivity contribution < 1.29 is 14.3 Å². The number of nitrogens with one attached hydrogen (secondary N) is 2. The van der Waals surface area contributed by atoms with E-state index in [1.807, 2.05) is 6.92 Å². The van der Waals surface area contributed by atoms with E-state index < -0.39 is 5.82 Å². The van der Waals surface area contributed by atoms with E-state index in [-0.39, 0.29) is 29.7 Å². The summed E-state index contributed by atoms with van der Waals surface area (Å²) in [4.78, 5) is 14.1. The molecule has 1 aromatic carbocycles. The summed E-state index contributed by atoms with van der Waals surface area (Å²) < 4.78 is 13.2. The fraction of sp³-hybridized carbons (Fsp3) is 0.562. The van der Waals surface area contributed by atoms with Crippen LogP contribution < -0.4 is 15.5 Å². The van der Waals surface area contributed by atoms with Crippen LogP contribution in [0.15, 0.2) is 18.2 Å². The van der Waals surface area contributed by atoms with Gasteiger partial charge in [-0.25, -0.2) is 9.18 Å². The zero-order chi connectivity index (χ0) is 16.8. The van der Waals surface area contributed by atoms with Gasteiger partial charge in [0.25, 0.3) is 0 Å². The van der Waals surface area contributed by atoms with Gasteiger partial charge in [0.05, 0.1) is 5.02 Å². The van der Waals surface area contributed by atoms with Gasteiger partial charge in [-0.15, -0.1) is 0 Å². The van der Waals surface area contributed by atoms with Crippen molar-refractivity contribution >= 4 is 23.3 Å². The fourth-order valence-electron chi connectivity index (χ4n) is 2.74. The first-order valence-corrected chi connectivity index (χ1v) is 8.29. The van der Waals surface area contributed by atoms with Gasteiger partial charge in [0.15, 0.2) is 0 Å². The minimum absolute atomic E-state index is 0.0200. The molecule has 0 aliphatic carbocycles. The van der Waals surface area contributed by atoms with Gasteiger partial charge < -0.3 is 20.6 Å². The second kappa shape index (κ2) is 8.36. The number of urea groups is 1. The average Bonchev–Trinajstić information content (AvgIpc) is 2.98. The van der Waals surface area contributed by atoms with Gasteiger partial charge >= 0.3 is 6.03 Å². The van der Waals surface area contributed by atoms with E-state index in [1.54, 1.807) is 12.1 Å². The first-order chi connectivity index (χ1) is 11.0. The molecule has 0 bridgehead atoms. The smallest absolute Gasteiger partial charge is 0.315 e. The molecule has 1 fully saturated rings. The largest absolute Gasteiger partial charge is 0.396 e. The number of aliphatic hydroxyl groups excluding tert-OH is 1. The number of carbonyl (C=O) groups is 1. The van der Waals surface area contributed by atoms with Gasteiger partial charge in [-0.05, 0) is 37.5 Å². The third-order valence-corrected chi connectivity index (χ3v) is 4.39. The summed E-state index contributed by atoms with van der Waals surface area (Å²) in [6, 6.07) is 4.45. The fourth-order valence-corrected chi connectivity index (χ4v) is 2.92. The molecule has 0 saturated carbocycles. The van der Waals surface area contributed by atoms with Crippen molar-refractivity contribution in [3.05, 3.63) is 29.0 Å². The normalized spacial score (nSPS) is 18.8. The van der Waals surface area contributed by atoms with Crippen LogP contribution in [0.2, 0.25) is 5.02 Å². The van der Waals surface area contributed by atoms with Gasteiger partial charge in [-0.2, -0.15) is 0 Å². The molecule has 23 heavy (non-hydrogen) atoms. The molecule has 1 aromatic rings. The van der Waals surface area contributed by atoms with E-state index in [1.165, 1.54) is 6.07 Å². The quantitative estimate of drug-likeness (QED) is 0.743. The number of hydrogen-bond acceptors (Lipinski definition) is 3. The Morgan fingerprint density at radius 3 is 3.00 bits per heavy atom. The number of nitrogens with zero attached hydrogens (tertiary/aromatic N) is 1. The Hall–Kier alpha value is -1.53. The topological polar surface area (TPSA) is 64.6 Å². The van der Waals surface area contributed by atoms with Crippen LogP contribution in [0.25, 0.3) is 0 Å². The van der Waals surface area contributed by atoms with E-state index in [0.29, 0.717) is 13.0 Å². The highest BCUT2D eigenvalue weighted by atomic mass is 35.5. The van der Waals surface area contributed by atoms with Gasteiger partial charge in [0.2, 0.25) is 0 Å². The molecule has 7 heteroatoms. The van der Waals surface area contributed by atoms with Crippen LogP contribution in [0.3, 0.4) is 0 Å². The summed E-state index contributed by atoms with van der Waals surface area (Å²) in [5, 5.41) is 14.9. The van der Waals surface area contributed by atoms with E-state index in [2.05, 4.69) is 15.5 Å². The Labute approximate surface area is 140 Å². The molecule has 0 radical (unpaired) electrons. The zero-order valence-corrected chi connectivity index (χ0v) is 13.9. The van der Waals surface area contributed by atoms with Gasteiger partial charge in [-0.3, -0.25) is 0 Å². The predicted octanol–water partition coefficient (Wildman–Crippen LogP) is 2.52. The van der Waals surface area contributed by atoms with E-state index in [0.717, 1.165) is 25.1 Å². The summed E-state index contributed by atoms with van der Waals surface area (Å²) in [6.45, 7) is 3.46. The number of aliphatic hydroxyl groups is 1. The lowest BCUT2D eigenvalue weighted by molar-refractivity contribution is 0.225. The average molecular weight is 344 g/mol. The number of anilines is 1. The number of amides is 2. The maximum absolute atomic E-state index is 13.2. The SMILES string of the molecule is CCC(CCO)NC(=O)NC1CCN(c2ccc(F)c(Cl)c2)C1. The molecule has 0 aromatic heterocycles. The van der Waals surface area contributed by atoms with Crippen molar-refractivity contribution in [3.63, 3.8) is 0 Å². The molecule has 1 heterocycles. The highest BCUT2D eigenvalue weighted by Crippen LogP contribution is 2.25. The molecule has 2 atom stereocenters. The number of hydrogen-bond donors (Lipinski definition) is 3. The zero-order valence-electron chi connectivity index (χ0n) is 13.2. The molecule has 2 unspecified atom stereocenters. The Morgan fingerprint density at radius 2 is 2.35 bits per heavy atom. The molecule has 0 spiro atoms. The van der Waals surface area contributed by atoms with Crippen LogP contribution in [0, 0.1) is 5.82 Å². The van der Waals surface area contributed by atoms with E-state index in [9.17, 15) is 9.18 Å². The highest BCUT2D eigenvalue weighted by molar-refractivity contribution is 6.31. The highest BCUT2D eigenvalue weighted by Gasteiger charge is 2.25. The van der Waals surface area contributed by atoms with Crippen LogP contribution in [-0.4, -0.2) is 42.9 Å². The van der Waals surface area contributed by atoms with Gasteiger partial charge in [0.1, 0.15) is 5.82 Å². The number of halogens is 2. The number of benzene rings is 1. The lowest BCUT2D eigenvalue weighted by Crippen LogP contribution is -2.47. The van der Waals surface area contributed by atoms with Crippen LogP contribution in [0.1, 0.15) is 26.2 Å². The third kappa shape index (κ3) is 4.97. The first-order valence-electron chi connectivity index (χ1n) is 7.91. The Balaban J connectivity index is 1.85. The molecular weight excluding hydrogens is 321 g/mol. The van der Waals surface area contributed by atoms with Crippen molar-refractivity contribution in [2.75, 3.05) is 24.6 Å². The van der Waals surface area contributed by atoms with Crippen LogP contribution in [0.4, 0.5) is 14.9 Å². The molecule has 128 valence electrons. The predicted molar refractivity (Wildman–Crippen MR) is 89.5 cm³/mol. The summed E-state index contributed by atoms with van der Waals surface area (Å²) in [6.07, 6.45) is 2.15. The summed E-state index contributed by atoms with van der Waals surface area (Å²) in [5.74, 6) is -0.432. The maximum Gasteiger partial charge on any atom is 0.315 e. The molecule has 1 aliphatic rings. The maximum atomic E-state index is 13.2. The Kier molecular flexibility index (Phi) is 6.47. The van der Waals surface area contributed by atoms with Crippen molar-refractivity contribution in [3.8, 4) is 0 Å². The lowest BCUT2D eigenvalue weighted by atomic mass is 10.1. The second-order valence-corrected chi connectivity index (χ2v) is 6.17. The molecule has 2 rings (SSSR count). The first kappa shape index (κ1) is 17.8. The van der Waals surface area contributed by atoms with E-state index in [4.69, 9.17) is 16.7 Å². The van der Waals surface area contributed by atoms with Crippen LogP contribution in [0.5, 0.6) is 0 Å². The van der Waals surface area contributed by atoms with Crippen molar-refractivity contribution in [2.24, 2.45) is 0 Å². The summed E-state index contributed by atoms with van der Waals surface area (Å²) in [7, 11) is 0. The summed E-state index contributed by atoms with van der Waals surface area (Å²) >= 11 is 5.81. The second-order valence-electron chi connectivity index (χ2n) is 5.77. The Morgan fingerprint density at radius 1 is 1.57 bits per heavy atom. The van der Waals surface area contributed by atoms with Gasteiger partial charge in [-0.1, -0.05) is 18.5 Å². The Bertz CT molecular complexity index is 544. The lowest BCUT2D eigenvalue weighted by Gasteiger charge is -2.21. The van der Waals surface area contributed by atoms with Crippen molar-refractivity contribution in [1.82, 2.24) is 10.6 Å². The monoisotopic (exact) mass is 343 g/mol. The number of rotatable bonds is 6. The molecular formula is C16H23ClFN3O2. The van der Waals surface area contributed by atoms with Gasteiger partial charge in [0, 0.05) is 37.5 Å². The molecule has 5 nitrogen and oxygen atoms in total. The van der Waals surface area contributed by atoms with Crippen LogP contribution >= 0.6 is 11.6 Å². The standard InChI is InChI=1S/C16H23ClFN3O2/c1-2-11(6-8-22)19-16(23)20-12-5-7-21(10-12)13-3-4-15(18)14(17)9-13/h3-4,9,11-12,22H,2,5-8,10H2,1H3,(H2,19,20,23). The van der Waals surface area contributed by atoms with Crippen molar-refractivity contribution in [2.45, 2.75) is 38.3 Å². The van der Waals surface area contributed by atoms with E-state index >= 15 is 0 Å². The van der Waals surface area contributed by atoms with Crippen LogP contribution in [-0.2, 0) is 0 Å².